The van der Waals surface area contributed by atoms with E-state index in [4.69, 9.17) is 0 Å². The quantitative estimate of drug-likeness (QED) is 0.275. The highest BCUT2D eigenvalue weighted by Crippen LogP contribution is 2.62. The molecule has 0 saturated carbocycles. The van der Waals surface area contributed by atoms with Crippen molar-refractivity contribution in [2.75, 3.05) is 11.4 Å². The van der Waals surface area contributed by atoms with Crippen LogP contribution in [0.3, 0.4) is 0 Å². The van der Waals surface area contributed by atoms with Crippen LogP contribution in [0, 0.1) is 11.3 Å². The van der Waals surface area contributed by atoms with Gasteiger partial charge in [0.15, 0.2) is 0 Å². The van der Waals surface area contributed by atoms with Gasteiger partial charge in [-0.1, -0.05) is 24.3 Å². The molecule has 0 spiro atoms. The first kappa shape index (κ1) is 34.8. The maximum absolute atomic E-state index is 14.8. The number of carbonyl (C=O) groups excluding carboxylic acids is 3. The average Bonchev–Trinajstić information content (AvgIpc) is 3.66. The molecule has 1 aromatic carbocycles. The van der Waals surface area contributed by atoms with E-state index in [9.17, 15) is 85.5 Å². The molecule has 1 aromatic heterocycles. The van der Waals surface area contributed by atoms with Crippen LogP contribution < -0.4 is 4.90 Å². The molecule has 23 heteroatoms. The highest BCUT2D eigenvalue weighted by Gasteiger charge is 2.94. The molecule has 3 fully saturated rings. The number of hydrogen-bond acceptors (Lipinski definition) is 5. The van der Waals surface area contributed by atoms with Crippen LogP contribution in [0.2, 0.25) is 0 Å². The Kier molecular flexibility index (Phi) is 7.25. The number of anilines is 1. The number of imide groups is 1. The van der Waals surface area contributed by atoms with Gasteiger partial charge in [-0.05, 0) is 6.42 Å². The lowest BCUT2D eigenvalue weighted by molar-refractivity contribution is -0.450. The van der Waals surface area contributed by atoms with Crippen LogP contribution in [-0.4, -0.2) is 99.0 Å². The number of likely N-dealkylation sites (tertiary alicyclic amines) is 1. The van der Waals surface area contributed by atoms with Crippen LogP contribution in [0.1, 0.15) is 12.1 Å². The Morgan fingerprint density at radius 1 is 0.792 bits per heavy atom. The molecule has 48 heavy (non-hydrogen) atoms. The Bertz CT molecular complexity index is 1770. The number of carbonyl (C=O) groups is 3. The van der Waals surface area contributed by atoms with E-state index in [1.165, 1.54) is 24.3 Å². The zero-order valence-corrected chi connectivity index (χ0v) is 22.7. The van der Waals surface area contributed by atoms with E-state index in [0.29, 0.717) is 9.80 Å². The first-order chi connectivity index (χ1) is 21.7. The molecule has 5 rings (SSSR count). The van der Waals surface area contributed by atoms with E-state index in [1.54, 1.807) is 6.07 Å². The topological polar surface area (TPSA) is 97.6 Å². The summed E-state index contributed by atoms with van der Waals surface area (Å²) in [4.78, 5) is 43.8. The number of pyridine rings is 1. The molecule has 3 unspecified atom stereocenters. The second kappa shape index (κ2) is 10.0. The number of fused-ring (bicyclic) bond motifs is 6. The largest absolute Gasteiger partial charge is 0.460 e. The molecule has 2 bridgehead atoms. The number of benzene rings is 1. The third-order valence-electron chi connectivity index (χ3n) is 8.24. The van der Waals surface area contributed by atoms with Crippen molar-refractivity contribution in [2.45, 2.75) is 66.3 Å². The van der Waals surface area contributed by atoms with Gasteiger partial charge in [0.1, 0.15) is 17.8 Å². The van der Waals surface area contributed by atoms with Gasteiger partial charge in [0.25, 0.3) is 11.8 Å². The van der Waals surface area contributed by atoms with Crippen LogP contribution in [0.15, 0.2) is 30.5 Å². The van der Waals surface area contributed by atoms with Gasteiger partial charge in [0.2, 0.25) is 0 Å². The molecule has 3 aliphatic rings. The van der Waals surface area contributed by atoms with Crippen LogP contribution in [0.25, 0.3) is 10.8 Å². The van der Waals surface area contributed by atoms with Crippen molar-refractivity contribution in [3.63, 3.8) is 0 Å². The van der Waals surface area contributed by atoms with Crippen molar-refractivity contribution in [3.8, 4) is 6.07 Å². The fraction of sp³-hybridized carbons (Fsp3) is 0.480. The SMILES string of the molecule is N#Cc1ncc(N2C(=O)C3C4CC(CN4C(=O)C(F)(F)C(F)(F)C(F)(F)C(F)(F)C(F)(F)C(F)(F)C(F)(F)F)N3C2=O)c2ccccc12. The number of urea groups is 1. The summed E-state index contributed by atoms with van der Waals surface area (Å²) in [5.41, 5.74) is -0.460. The molecule has 0 N–H and O–H groups in total. The zero-order valence-electron chi connectivity index (χ0n) is 22.7. The monoisotopic (exact) mass is 715 g/mol. The van der Waals surface area contributed by atoms with Gasteiger partial charge < -0.3 is 9.80 Å². The molecule has 3 atom stereocenters. The van der Waals surface area contributed by atoms with Gasteiger partial charge in [0.05, 0.1) is 24.0 Å². The number of hydrogen-bond donors (Lipinski definition) is 0. The number of aromatic nitrogens is 1. The van der Waals surface area contributed by atoms with E-state index >= 15 is 0 Å². The summed E-state index contributed by atoms with van der Waals surface area (Å²) < 4.78 is 205. The van der Waals surface area contributed by atoms with E-state index in [0.717, 1.165) is 6.20 Å². The molecule has 260 valence electrons. The van der Waals surface area contributed by atoms with Gasteiger partial charge in [-0.25, -0.2) is 14.7 Å². The van der Waals surface area contributed by atoms with E-state index < -0.39 is 95.5 Å². The highest BCUT2D eigenvalue weighted by atomic mass is 19.4. The van der Waals surface area contributed by atoms with Gasteiger partial charge in [-0.2, -0.15) is 71.1 Å². The van der Waals surface area contributed by atoms with Gasteiger partial charge in [-0.15, -0.1) is 0 Å². The van der Waals surface area contributed by atoms with Crippen molar-refractivity contribution in [3.05, 3.63) is 36.2 Å². The lowest BCUT2D eigenvalue weighted by atomic mass is 9.90. The summed E-state index contributed by atoms with van der Waals surface area (Å²) in [6.07, 6.45) is -7.56. The number of alkyl halides is 15. The Labute approximate surface area is 255 Å². The fourth-order valence-corrected chi connectivity index (χ4v) is 5.84. The normalized spacial score (nSPS) is 22.5. The fourth-order valence-electron chi connectivity index (χ4n) is 5.84. The molecule has 0 radical (unpaired) electrons. The second-order valence-electron chi connectivity index (χ2n) is 10.8. The van der Waals surface area contributed by atoms with E-state index in [2.05, 4.69) is 4.98 Å². The van der Waals surface area contributed by atoms with Crippen molar-refractivity contribution < 1.29 is 80.2 Å². The van der Waals surface area contributed by atoms with Crippen LogP contribution in [0.4, 0.5) is 76.3 Å². The number of nitriles is 1. The van der Waals surface area contributed by atoms with Gasteiger partial charge in [0, 0.05) is 17.3 Å². The minimum atomic E-state index is -8.57. The zero-order chi connectivity index (χ0) is 36.4. The molecule has 4 heterocycles. The Morgan fingerprint density at radius 3 is 1.85 bits per heavy atom. The van der Waals surface area contributed by atoms with E-state index in [-0.39, 0.29) is 22.2 Å². The smallest absolute Gasteiger partial charge is 0.330 e. The predicted octanol–water partition coefficient (Wildman–Crippen LogP) is 5.60. The molecule has 3 saturated heterocycles. The number of halogens is 15. The molecular weight excluding hydrogens is 703 g/mol. The Balaban J connectivity index is 1.47. The lowest BCUT2D eigenvalue weighted by Crippen LogP contribution is -2.74. The standard InChI is InChI=1S/C25H12F15N5O3/c26-19(27,20(28,29)21(30,31)22(32,33)23(34,35)24(36,37)25(38,39)40)17(47)43-8-9-5-13(43)15-16(46)45(18(48)44(9)15)14-7-42-12(6-41)10-3-1-2-4-11(10)14/h1-4,7,9,13,15H,5,8H2. The first-order valence-corrected chi connectivity index (χ1v) is 12.8. The summed E-state index contributed by atoms with van der Waals surface area (Å²) in [6.45, 7) is -1.25. The summed E-state index contributed by atoms with van der Waals surface area (Å²) in [7, 11) is 0. The van der Waals surface area contributed by atoms with Crippen molar-refractivity contribution >= 4 is 34.3 Å². The summed E-state index contributed by atoms with van der Waals surface area (Å²) in [5.74, 6) is -53.8. The third kappa shape index (κ3) is 4.05. The van der Waals surface area contributed by atoms with Crippen LogP contribution in [-0.2, 0) is 9.59 Å². The molecule has 2 aromatic rings. The minimum Gasteiger partial charge on any atom is -0.330 e. The Hall–Kier alpha value is -4.52. The molecular formula is C25H12F15N5O3. The maximum Gasteiger partial charge on any atom is 0.460 e. The van der Waals surface area contributed by atoms with E-state index in [1.807, 2.05) is 0 Å². The van der Waals surface area contributed by atoms with Crippen LogP contribution in [0.5, 0.6) is 0 Å². The number of nitrogens with zero attached hydrogens (tertiary/aromatic N) is 5. The third-order valence-corrected chi connectivity index (χ3v) is 8.24. The van der Waals surface area contributed by atoms with Crippen molar-refractivity contribution in [1.29, 1.82) is 5.26 Å². The summed E-state index contributed by atoms with van der Waals surface area (Å²) >= 11 is 0. The minimum absolute atomic E-state index is 0.0643. The second-order valence-corrected chi connectivity index (χ2v) is 10.8. The first-order valence-electron chi connectivity index (χ1n) is 12.8. The number of piperazine rings is 1. The molecule has 3 aliphatic heterocycles. The lowest BCUT2D eigenvalue weighted by Gasteiger charge is -2.42. The van der Waals surface area contributed by atoms with Crippen molar-refractivity contribution in [1.82, 2.24) is 14.8 Å². The predicted molar refractivity (Wildman–Crippen MR) is 125 cm³/mol. The maximum atomic E-state index is 14.8. The van der Waals surface area contributed by atoms with Crippen LogP contribution >= 0.6 is 0 Å². The summed E-state index contributed by atoms with van der Waals surface area (Å²) in [5, 5.41) is 9.47. The molecule has 0 aliphatic carbocycles. The van der Waals surface area contributed by atoms with Crippen molar-refractivity contribution in [2.24, 2.45) is 0 Å². The number of rotatable bonds is 7. The summed E-state index contributed by atoms with van der Waals surface area (Å²) in [6, 6.07) is 0.546. The molecule has 4 amide bonds. The highest BCUT2D eigenvalue weighted by molar-refractivity contribution is 6.25. The number of amides is 4. The average molecular weight is 715 g/mol. The van der Waals surface area contributed by atoms with Gasteiger partial charge in [-0.3, -0.25) is 9.59 Å². The Morgan fingerprint density at radius 2 is 1.31 bits per heavy atom. The molecule has 8 nitrogen and oxygen atoms in total. The van der Waals surface area contributed by atoms with Gasteiger partial charge >= 0.3 is 47.7 Å².